The van der Waals surface area contributed by atoms with Gasteiger partial charge in [0.1, 0.15) is 5.82 Å². The van der Waals surface area contributed by atoms with Crippen molar-refractivity contribution in [3.8, 4) is 11.4 Å². The Hall–Kier alpha value is -3.09. The second kappa shape index (κ2) is 6.67. The van der Waals surface area contributed by atoms with Crippen LogP contribution in [0, 0.1) is 11.6 Å². The molecule has 3 aromatic rings. The topological polar surface area (TPSA) is 59.8 Å². The van der Waals surface area contributed by atoms with Crippen molar-refractivity contribution in [1.82, 2.24) is 14.8 Å². The van der Waals surface area contributed by atoms with Gasteiger partial charge in [0.25, 0.3) is 5.91 Å². The molecule has 1 amide bonds. The van der Waals surface area contributed by atoms with Crippen molar-refractivity contribution in [1.29, 1.82) is 0 Å². The van der Waals surface area contributed by atoms with E-state index in [4.69, 9.17) is 0 Å². The lowest BCUT2D eigenvalue weighted by Crippen LogP contribution is -2.12. The average molecular weight is 354 g/mol. The molecule has 1 aliphatic heterocycles. The number of carbonyl (C=O) groups is 1. The molecule has 0 unspecified atom stereocenters. The number of aryl methyl sites for hydroxylation is 1. The highest BCUT2D eigenvalue weighted by atomic mass is 19.2. The molecule has 0 fully saturated rings. The van der Waals surface area contributed by atoms with Crippen molar-refractivity contribution < 1.29 is 13.6 Å². The maximum absolute atomic E-state index is 13.3. The fourth-order valence-electron chi connectivity index (χ4n) is 3.07. The summed E-state index contributed by atoms with van der Waals surface area (Å²) >= 11 is 0. The Bertz CT molecular complexity index is 966. The highest BCUT2D eigenvalue weighted by molar-refractivity contribution is 6.04. The van der Waals surface area contributed by atoms with Gasteiger partial charge in [0.05, 0.1) is 0 Å². The molecule has 0 spiro atoms. The Labute approximate surface area is 148 Å². The van der Waals surface area contributed by atoms with E-state index in [1.54, 1.807) is 12.1 Å². The summed E-state index contributed by atoms with van der Waals surface area (Å²) in [5.41, 5.74) is 1.53. The van der Waals surface area contributed by atoms with Crippen molar-refractivity contribution in [2.24, 2.45) is 0 Å². The van der Waals surface area contributed by atoms with Crippen LogP contribution in [0.2, 0.25) is 0 Å². The number of fused-ring (bicyclic) bond motifs is 1. The lowest BCUT2D eigenvalue weighted by atomic mass is 10.1. The number of aromatic nitrogens is 3. The summed E-state index contributed by atoms with van der Waals surface area (Å²) < 4.78 is 28.3. The molecule has 1 aromatic heterocycles. The zero-order valence-corrected chi connectivity index (χ0v) is 13.9. The lowest BCUT2D eigenvalue weighted by Gasteiger charge is -2.14. The van der Waals surface area contributed by atoms with Crippen molar-refractivity contribution in [3.05, 3.63) is 65.5 Å². The van der Waals surface area contributed by atoms with Gasteiger partial charge in [-0.15, -0.1) is 10.2 Å². The zero-order valence-electron chi connectivity index (χ0n) is 13.9. The van der Waals surface area contributed by atoms with E-state index >= 15 is 0 Å². The molecular formula is C19H16F2N4O. The Balaban J connectivity index is 1.52. The standard InChI is InChI=1S/C19H16F2N4O/c20-15-9-6-13(11-16(15)21)19(26)22-14-7-4-12(5-8-14)18-24-23-17-3-1-2-10-25(17)18/h4-9,11H,1-3,10H2,(H,22,26). The second-order valence-electron chi connectivity index (χ2n) is 6.21. The Morgan fingerprint density at radius 2 is 1.81 bits per heavy atom. The second-order valence-corrected chi connectivity index (χ2v) is 6.21. The summed E-state index contributed by atoms with van der Waals surface area (Å²) in [6.07, 6.45) is 3.18. The molecule has 2 heterocycles. The molecule has 0 saturated heterocycles. The molecule has 5 nitrogen and oxygen atoms in total. The molecule has 0 bridgehead atoms. The van der Waals surface area contributed by atoms with Gasteiger partial charge in [-0.05, 0) is 55.3 Å². The zero-order chi connectivity index (χ0) is 18.1. The summed E-state index contributed by atoms with van der Waals surface area (Å²) in [5.74, 6) is -0.719. The van der Waals surface area contributed by atoms with Crippen molar-refractivity contribution in [3.63, 3.8) is 0 Å². The minimum atomic E-state index is -1.05. The molecule has 1 N–H and O–H groups in total. The number of amides is 1. The fraction of sp³-hybridized carbons (Fsp3) is 0.211. The first-order valence-corrected chi connectivity index (χ1v) is 8.41. The molecule has 26 heavy (non-hydrogen) atoms. The minimum Gasteiger partial charge on any atom is -0.322 e. The van der Waals surface area contributed by atoms with E-state index in [0.717, 1.165) is 55.2 Å². The maximum Gasteiger partial charge on any atom is 0.255 e. The SMILES string of the molecule is O=C(Nc1ccc(-c2nnc3n2CCCC3)cc1)c1ccc(F)c(F)c1. The summed E-state index contributed by atoms with van der Waals surface area (Å²) in [4.78, 5) is 12.2. The third kappa shape index (κ3) is 3.08. The summed E-state index contributed by atoms with van der Waals surface area (Å²) in [6.45, 7) is 0.909. The lowest BCUT2D eigenvalue weighted by molar-refractivity contribution is 0.102. The van der Waals surface area contributed by atoms with Gasteiger partial charge in [0.15, 0.2) is 17.5 Å². The largest absolute Gasteiger partial charge is 0.322 e. The third-order valence-electron chi connectivity index (χ3n) is 4.44. The van der Waals surface area contributed by atoms with Gasteiger partial charge in [-0.1, -0.05) is 0 Å². The van der Waals surface area contributed by atoms with Gasteiger partial charge >= 0.3 is 0 Å². The maximum atomic E-state index is 13.3. The third-order valence-corrected chi connectivity index (χ3v) is 4.44. The van der Waals surface area contributed by atoms with Gasteiger partial charge in [0, 0.05) is 29.8 Å². The normalized spacial score (nSPS) is 13.3. The van der Waals surface area contributed by atoms with Gasteiger partial charge in [-0.25, -0.2) is 8.78 Å². The number of anilines is 1. The fourth-order valence-corrected chi connectivity index (χ4v) is 3.07. The average Bonchev–Trinajstić information content (AvgIpc) is 3.09. The highest BCUT2D eigenvalue weighted by Gasteiger charge is 2.17. The number of hydrogen-bond donors (Lipinski definition) is 1. The van der Waals surface area contributed by atoms with E-state index in [0.29, 0.717) is 5.69 Å². The first-order chi connectivity index (χ1) is 12.6. The molecule has 0 radical (unpaired) electrons. The van der Waals surface area contributed by atoms with Crippen LogP contribution in [0.3, 0.4) is 0 Å². The molecule has 0 aliphatic carbocycles. The first-order valence-electron chi connectivity index (χ1n) is 8.41. The highest BCUT2D eigenvalue weighted by Crippen LogP contribution is 2.24. The molecule has 0 saturated carbocycles. The number of halogens is 2. The Morgan fingerprint density at radius 3 is 2.58 bits per heavy atom. The van der Waals surface area contributed by atoms with Crippen LogP contribution in [-0.2, 0) is 13.0 Å². The van der Waals surface area contributed by atoms with E-state index < -0.39 is 17.5 Å². The summed E-state index contributed by atoms with van der Waals surface area (Å²) in [7, 11) is 0. The number of hydrogen-bond acceptors (Lipinski definition) is 3. The molecule has 132 valence electrons. The Morgan fingerprint density at radius 1 is 1.00 bits per heavy atom. The summed E-state index contributed by atoms with van der Waals surface area (Å²) in [5, 5.41) is 11.2. The van der Waals surface area contributed by atoms with Gasteiger partial charge in [-0.2, -0.15) is 0 Å². The number of rotatable bonds is 3. The van der Waals surface area contributed by atoms with Gasteiger partial charge in [-0.3, -0.25) is 4.79 Å². The van der Waals surface area contributed by atoms with E-state index in [9.17, 15) is 13.6 Å². The van der Waals surface area contributed by atoms with E-state index in [1.165, 1.54) is 6.07 Å². The van der Waals surface area contributed by atoms with E-state index in [-0.39, 0.29) is 5.56 Å². The smallest absolute Gasteiger partial charge is 0.255 e. The van der Waals surface area contributed by atoms with Crippen molar-refractivity contribution in [2.45, 2.75) is 25.8 Å². The number of nitrogens with one attached hydrogen (secondary N) is 1. The Kier molecular flexibility index (Phi) is 4.20. The van der Waals surface area contributed by atoms with E-state index in [1.807, 2.05) is 12.1 Å². The first kappa shape index (κ1) is 16.4. The number of benzene rings is 2. The van der Waals surface area contributed by atoms with Crippen LogP contribution < -0.4 is 5.32 Å². The number of nitrogens with zero attached hydrogens (tertiary/aromatic N) is 3. The molecule has 2 aromatic carbocycles. The van der Waals surface area contributed by atoms with E-state index in [2.05, 4.69) is 20.1 Å². The molecule has 4 rings (SSSR count). The molecule has 0 atom stereocenters. The summed E-state index contributed by atoms with van der Waals surface area (Å²) in [6, 6.07) is 10.3. The number of carbonyl (C=O) groups excluding carboxylic acids is 1. The molecular weight excluding hydrogens is 338 g/mol. The van der Waals surface area contributed by atoms with Crippen LogP contribution in [0.5, 0.6) is 0 Å². The van der Waals surface area contributed by atoms with Crippen LogP contribution in [0.4, 0.5) is 14.5 Å². The van der Waals surface area contributed by atoms with Gasteiger partial charge in [0.2, 0.25) is 0 Å². The van der Waals surface area contributed by atoms with Crippen molar-refractivity contribution >= 4 is 11.6 Å². The molecule has 1 aliphatic rings. The van der Waals surface area contributed by atoms with Crippen molar-refractivity contribution in [2.75, 3.05) is 5.32 Å². The molecule has 7 heteroatoms. The monoisotopic (exact) mass is 354 g/mol. The van der Waals surface area contributed by atoms with Crippen LogP contribution in [0.15, 0.2) is 42.5 Å². The quantitative estimate of drug-likeness (QED) is 0.778. The van der Waals surface area contributed by atoms with Gasteiger partial charge < -0.3 is 9.88 Å². The van der Waals surface area contributed by atoms with Crippen LogP contribution in [0.25, 0.3) is 11.4 Å². The predicted octanol–water partition coefficient (Wildman–Crippen LogP) is 3.81. The van der Waals surface area contributed by atoms with Crippen LogP contribution in [-0.4, -0.2) is 20.7 Å². The predicted molar refractivity (Wildman–Crippen MR) is 92.7 cm³/mol. The van der Waals surface area contributed by atoms with Crippen LogP contribution >= 0.6 is 0 Å². The van der Waals surface area contributed by atoms with Crippen LogP contribution in [0.1, 0.15) is 29.0 Å². The minimum absolute atomic E-state index is 0.0551.